The van der Waals surface area contributed by atoms with Crippen LogP contribution in [-0.2, 0) is 11.3 Å². The molecule has 2 fully saturated rings. The van der Waals surface area contributed by atoms with E-state index >= 15 is 0 Å². The lowest BCUT2D eigenvalue weighted by Gasteiger charge is -2.25. The first kappa shape index (κ1) is 19.8. The molecule has 7 heteroatoms. The molecule has 5 nitrogen and oxygen atoms in total. The third kappa shape index (κ3) is 4.35. The van der Waals surface area contributed by atoms with Gasteiger partial charge in [-0.15, -0.1) is 24.0 Å². The summed E-state index contributed by atoms with van der Waals surface area (Å²) in [6.45, 7) is 4.63. The summed E-state index contributed by atoms with van der Waals surface area (Å²) in [6, 6.07) is 6.13. The molecule has 1 N–H and O–H groups in total. The van der Waals surface area contributed by atoms with Crippen LogP contribution in [0.3, 0.4) is 0 Å². The van der Waals surface area contributed by atoms with Crippen LogP contribution in [0.5, 0.6) is 5.75 Å². The molecule has 0 bridgehead atoms. The van der Waals surface area contributed by atoms with Gasteiger partial charge in [0.1, 0.15) is 5.75 Å². The van der Waals surface area contributed by atoms with Crippen LogP contribution in [0.25, 0.3) is 0 Å². The molecule has 1 unspecified atom stereocenters. The molecule has 1 aromatic rings. The van der Waals surface area contributed by atoms with Gasteiger partial charge in [0.15, 0.2) is 5.96 Å². The summed E-state index contributed by atoms with van der Waals surface area (Å²) in [5.41, 5.74) is 1.54. The second-order valence-electron chi connectivity index (χ2n) is 6.34. The number of nitrogens with zero attached hydrogens (tertiary/aromatic N) is 2. The van der Waals surface area contributed by atoms with Crippen molar-refractivity contribution in [1.29, 1.82) is 0 Å². The van der Waals surface area contributed by atoms with Gasteiger partial charge in [-0.2, -0.15) is 0 Å². The minimum absolute atomic E-state index is 0. The highest BCUT2D eigenvalue weighted by atomic mass is 127. The van der Waals surface area contributed by atoms with Gasteiger partial charge in [-0.05, 0) is 46.5 Å². The molecule has 3 rings (SSSR count). The highest BCUT2D eigenvalue weighted by Crippen LogP contribution is 2.38. The van der Waals surface area contributed by atoms with Gasteiger partial charge in [-0.1, -0.05) is 6.07 Å². The van der Waals surface area contributed by atoms with Crippen LogP contribution in [0.15, 0.2) is 27.7 Å². The number of guanidine groups is 1. The van der Waals surface area contributed by atoms with Crippen molar-refractivity contribution in [3.05, 3.63) is 28.2 Å². The number of hydrogen-bond donors (Lipinski definition) is 1. The zero-order valence-electron chi connectivity index (χ0n) is 14.2. The van der Waals surface area contributed by atoms with Gasteiger partial charge in [0.2, 0.25) is 0 Å². The van der Waals surface area contributed by atoms with Crippen molar-refractivity contribution >= 4 is 45.9 Å². The lowest BCUT2D eigenvalue weighted by molar-refractivity contribution is 0.156. The topological polar surface area (TPSA) is 46.1 Å². The number of ether oxygens (including phenoxy) is 2. The van der Waals surface area contributed by atoms with Gasteiger partial charge in [0.25, 0.3) is 0 Å². The highest BCUT2D eigenvalue weighted by molar-refractivity contribution is 14.0. The molecule has 2 heterocycles. The van der Waals surface area contributed by atoms with E-state index in [1.165, 1.54) is 18.4 Å². The van der Waals surface area contributed by atoms with E-state index in [2.05, 4.69) is 43.3 Å². The van der Waals surface area contributed by atoms with Gasteiger partial charge in [0.05, 0.1) is 18.2 Å². The van der Waals surface area contributed by atoms with Crippen molar-refractivity contribution in [2.45, 2.75) is 19.4 Å². The van der Waals surface area contributed by atoms with Gasteiger partial charge in [0, 0.05) is 38.7 Å². The fourth-order valence-electron chi connectivity index (χ4n) is 3.42. The number of likely N-dealkylation sites (tertiary alicyclic amines) is 1. The van der Waals surface area contributed by atoms with Crippen LogP contribution in [-0.4, -0.2) is 51.3 Å². The van der Waals surface area contributed by atoms with Gasteiger partial charge in [-0.25, -0.2) is 0 Å². The Hall–Kier alpha value is -0.540. The number of benzene rings is 1. The average molecular weight is 510 g/mol. The number of hydrogen-bond acceptors (Lipinski definition) is 3. The molecule has 1 spiro atoms. The second kappa shape index (κ2) is 8.71. The van der Waals surface area contributed by atoms with E-state index in [1.54, 1.807) is 7.11 Å². The molecule has 134 valence electrons. The number of methoxy groups -OCH3 is 1. The van der Waals surface area contributed by atoms with E-state index in [0.29, 0.717) is 5.41 Å². The zero-order chi connectivity index (χ0) is 16.3. The first-order valence-electron chi connectivity index (χ1n) is 8.01. The van der Waals surface area contributed by atoms with E-state index in [-0.39, 0.29) is 24.0 Å². The molecule has 0 saturated carbocycles. The summed E-state index contributed by atoms with van der Waals surface area (Å²) in [6.07, 6.45) is 2.37. The summed E-state index contributed by atoms with van der Waals surface area (Å²) < 4.78 is 11.8. The molecule has 1 aromatic carbocycles. The Kier molecular flexibility index (Phi) is 7.18. The molecule has 2 aliphatic rings. The minimum Gasteiger partial charge on any atom is -0.496 e. The van der Waals surface area contributed by atoms with Crippen molar-refractivity contribution in [1.82, 2.24) is 10.2 Å². The first-order valence-corrected chi connectivity index (χ1v) is 8.81. The average Bonchev–Trinajstić information content (AvgIpc) is 3.19. The fourth-order valence-corrected chi connectivity index (χ4v) is 4.01. The molecule has 2 saturated heterocycles. The normalized spacial score (nSPS) is 23.5. The van der Waals surface area contributed by atoms with Crippen LogP contribution in [0.2, 0.25) is 0 Å². The summed E-state index contributed by atoms with van der Waals surface area (Å²) >= 11 is 3.53. The van der Waals surface area contributed by atoms with Crippen molar-refractivity contribution in [2.75, 3.05) is 40.5 Å². The molecular weight excluding hydrogens is 485 g/mol. The van der Waals surface area contributed by atoms with Crippen LogP contribution in [0.1, 0.15) is 18.4 Å². The molecule has 0 aromatic heterocycles. The van der Waals surface area contributed by atoms with Crippen molar-refractivity contribution in [3.63, 3.8) is 0 Å². The maximum Gasteiger partial charge on any atom is 0.193 e. The Morgan fingerprint density at radius 3 is 2.92 bits per heavy atom. The Balaban J connectivity index is 0.00000208. The third-order valence-corrected chi connectivity index (χ3v) is 5.42. The SMILES string of the molecule is CN=C(NCc1ccc(OC)c(Br)c1)N1CCC2(CCOC2)C1.I. The molecule has 1 atom stereocenters. The van der Waals surface area contributed by atoms with E-state index in [1.807, 2.05) is 13.1 Å². The number of halogens is 2. The molecule has 2 aliphatic heterocycles. The maximum atomic E-state index is 5.60. The summed E-state index contributed by atoms with van der Waals surface area (Å²) in [5.74, 6) is 1.82. The Morgan fingerprint density at radius 1 is 1.46 bits per heavy atom. The van der Waals surface area contributed by atoms with Crippen molar-refractivity contribution < 1.29 is 9.47 Å². The van der Waals surface area contributed by atoms with Crippen LogP contribution >= 0.6 is 39.9 Å². The van der Waals surface area contributed by atoms with Crippen LogP contribution in [0.4, 0.5) is 0 Å². The van der Waals surface area contributed by atoms with Crippen molar-refractivity contribution in [3.8, 4) is 5.75 Å². The Labute approximate surface area is 169 Å². The highest BCUT2D eigenvalue weighted by Gasteiger charge is 2.42. The smallest absolute Gasteiger partial charge is 0.193 e. The lowest BCUT2D eigenvalue weighted by atomic mass is 9.87. The first-order chi connectivity index (χ1) is 11.2. The predicted molar refractivity (Wildman–Crippen MR) is 110 cm³/mol. The van der Waals surface area contributed by atoms with E-state index in [4.69, 9.17) is 9.47 Å². The number of rotatable bonds is 3. The van der Waals surface area contributed by atoms with Crippen molar-refractivity contribution in [2.24, 2.45) is 10.4 Å². The van der Waals surface area contributed by atoms with Crippen LogP contribution in [0, 0.1) is 5.41 Å². The second-order valence-corrected chi connectivity index (χ2v) is 7.20. The Morgan fingerprint density at radius 2 is 2.29 bits per heavy atom. The third-order valence-electron chi connectivity index (χ3n) is 4.80. The van der Waals surface area contributed by atoms with Crippen LogP contribution < -0.4 is 10.1 Å². The summed E-state index contributed by atoms with van der Waals surface area (Å²) in [7, 11) is 3.53. The van der Waals surface area contributed by atoms with Gasteiger partial charge in [-0.3, -0.25) is 4.99 Å². The molecule has 0 aliphatic carbocycles. The minimum atomic E-state index is 0. The quantitative estimate of drug-likeness (QED) is 0.386. The summed E-state index contributed by atoms with van der Waals surface area (Å²) in [5, 5.41) is 3.47. The largest absolute Gasteiger partial charge is 0.496 e. The molecule has 0 radical (unpaired) electrons. The zero-order valence-corrected chi connectivity index (χ0v) is 18.1. The van der Waals surface area contributed by atoms with E-state index in [9.17, 15) is 0 Å². The van der Waals surface area contributed by atoms with Gasteiger partial charge >= 0.3 is 0 Å². The number of nitrogens with one attached hydrogen (secondary N) is 1. The van der Waals surface area contributed by atoms with E-state index in [0.717, 1.165) is 49.0 Å². The van der Waals surface area contributed by atoms with E-state index < -0.39 is 0 Å². The standard InChI is InChI=1S/C17H24BrN3O2.HI/c1-19-16(21-7-5-17(11-21)6-8-23-12-17)20-10-13-3-4-15(22-2)14(18)9-13;/h3-4,9H,5-8,10-12H2,1-2H3,(H,19,20);1H. The predicted octanol–water partition coefficient (Wildman–Crippen LogP) is 3.26. The molecule has 0 amide bonds. The number of aliphatic imine (C=N–C) groups is 1. The lowest BCUT2D eigenvalue weighted by Crippen LogP contribution is -2.41. The summed E-state index contributed by atoms with van der Waals surface area (Å²) in [4.78, 5) is 6.80. The molecule has 24 heavy (non-hydrogen) atoms. The Bertz CT molecular complexity index is 591. The molecular formula is C17H25BrIN3O2. The maximum absolute atomic E-state index is 5.60. The monoisotopic (exact) mass is 509 g/mol. The van der Waals surface area contributed by atoms with Gasteiger partial charge < -0.3 is 19.7 Å². The fraction of sp³-hybridized carbons (Fsp3) is 0.588.